The molecule has 0 unspecified atom stereocenters. The van der Waals surface area contributed by atoms with Gasteiger partial charge in [0.15, 0.2) is 0 Å². The van der Waals surface area contributed by atoms with Crippen LogP contribution in [0.3, 0.4) is 0 Å². The lowest BCUT2D eigenvalue weighted by molar-refractivity contribution is 0.0966. The molecule has 88 valence electrons. The highest BCUT2D eigenvalue weighted by Crippen LogP contribution is 2.25. The summed E-state index contributed by atoms with van der Waals surface area (Å²) in [4.78, 5) is 11.4. The second kappa shape index (κ2) is 3.74. The van der Waals surface area contributed by atoms with Crippen LogP contribution >= 0.6 is 0 Å². The maximum absolute atomic E-state index is 13.7. The third-order valence-electron chi connectivity index (χ3n) is 2.60. The van der Waals surface area contributed by atoms with Gasteiger partial charge in [0.2, 0.25) is 0 Å². The largest absolute Gasteiger partial charge is 0.365 e. The predicted octanol–water partition coefficient (Wildman–Crippen LogP) is 1.78. The second-order valence-electron chi connectivity index (χ2n) is 4.53. The first-order valence-corrected chi connectivity index (χ1v) is 5.23. The molecule has 4 nitrogen and oxygen atoms in total. The van der Waals surface area contributed by atoms with Gasteiger partial charge in [-0.15, -0.1) is 0 Å². The summed E-state index contributed by atoms with van der Waals surface area (Å²) in [5.41, 5.74) is 0.396. The molecular weight excluding hydrogens is 221 g/mol. The summed E-state index contributed by atoms with van der Waals surface area (Å²) in [6, 6.07) is 4.79. The van der Waals surface area contributed by atoms with Crippen molar-refractivity contribution >= 4 is 11.6 Å². The minimum absolute atomic E-state index is 0.173. The fraction of sp³-hybridized carbons (Fsp3) is 0.333. The van der Waals surface area contributed by atoms with Crippen molar-refractivity contribution < 1.29 is 9.18 Å². The van der Waals surface area contributed by atoms with E-state index < -0.39 is 11.4 Å². The van der Waals surface area contributed by atoms with Gasteiger partial charge in [0, 0.05) is 12.1 Å². The number of hydrogen-bond donors (Lipinski definition) is 2. The standard InChI is InChI=1S/C12H12FN3O/c1-12(2,6-14)16-10-4-8-7(3-9(10)13)5-15-11(8)17/h3-4,16H,5H2,1-2H3,(H,15,17). The minimum Gasteiger partial charge on any atom is -0.365 e. The first-order chi connectivity index (χ1) is 7.93. The molecule has 0 atom stereocenters. The summed E-state index contributed by atoms with van der Waals surface area (Å²) < 4.78 is 13.7. The van der Waals surface area contributed by atoms with Gasteiger partial charge in [-0.25, -0.2) is 4.39 Å². The van der Waals surface area contributed by atoms with Crippen molar-refractivity contribution in [1.29, 1.82) is 5.26 Å². The van der Waals surface area contributed by atoms with E-state index in [0.29, 0.717) is 17.7 Å². The maximum atomic E-state index is 13.7. The van der Waals surface area contributed by atoms with Gasteiger partial charge in [-0.2, -0.15) is 5.26 Å². The van der Waals surface area contributed by atoms with Crippen molar-refractivity contribution in [3.63, 3.8) is 0 Å². The van der Waals surface area contributed by atoms with E-state index in [0.717, 1.165) is 0 Å². The molecule has 0 fully saturated rings. The molecule has 1 amide bonds. The lowest BCUT2D eigenvalue weighted by atomic mass is 10.0. The molecule has 1 aromatic rings. The summed E-state index contributed by atoms with van der Waals surface area (Å²) in [7, 11) is 0. The zero-order valence-corrected chi connectivity index (χ0v) is 9.60. The van der Waals surface area contributed by atoms with Crippen LogP contribution in [0.4, 0.5) is 10.1 Å². The number of carbonyl (C=O) groups excluding carboxylic acids is 1. The zero-order chi connectivity index (χ0) is 12.6. The van der Waals surface area contributed by atoms with E-state index in [2.05, 4.69) is 10.6 Å². The van der Waals surface area contributed by atoms with Gasteiger partial charge >= 0.3 is 0 Å². The van der Waals surface area contributed by atoms with Crippen LogP contribution in [0.1, 0.15) is 29.8 Å². The Bertz CT molecular complexity index is 531. The van der Waals surface area contributed by atoms with Crippen LogP contribution in [0.25, 0.3) is 0 Å². The number of amides is 1. The third-order valence-corrected chi connectivity index (χ3v) is 2.60. The molecule has 0 saturated carbocycles. The highest BCUT2D eigenvalue weighted by Gasteiger charge is 2.24. The van der Waals surface area contributed by atoms with Gasteiger partial charge in [-0.1, -0.05) is 0 Å². The average molecular weight is 233 g/mol. The van der Waals surface area contributed by atoms with E-state index in [1.54, 1.807) is 13.8 Å². The lowest BCUT2D eigenvalue weighted by Crippen LogP contribution is -2.29. The fourth-order valence-electron chi connectivity index (χ4n) is 1.70. The molecule has 1 aromatic carbocycles. The van der Waals surface area contributed by atoms with Gasteiger partial charge in [-0.05, 0) is 31.5 Å². The first-order valence-electron chi connectivity index (χ1n) is 5.23. The molecule has 1 aliphatic heterocycles. The maximum Gasteiger partial charge on any atom is 0.251 e. The van der Waals surface area contributed by atoms with Crippen molar-refractivity contribution in [3.8, 4) is 6.07 Å². The van der Waals surface area contributed by atoms with E-state index in [4.69, 9.17) is 5.26 Å². The van der Waals surface area contributed by atoms with Gasteiger partial charge < -0.3 is 10.6 Å². The monoisotopic (exact) mass is 233 g/mol. The van der Waals surface area contributed by atoms with Crippen molar-refractivity contribution in [3.05, 3.63) is 29.1 Å². The van der Waals surface area contributed by atoms with Crippen molar-refractivity contribution in [2.45, 2.75) is 25.9 Å². The van der Waals surface area contributed by atoms with E-state index in [1.807, 2.05) is 6.07 Å². The van der Waals surface area contributed by atoms with Crippen LogP contribution in [0.2, 0.25) is 0 Å². The molecule has 0 radical (unpaired) electrons. The quantitative estimate of drug-likeness (QED) is 0.818. The average Bonchev–Trinajstić information content (AvgIpc) is 2.61. The Morgan fingerprint density at radius 1 is 1.53 bits per heavy atom. The van der Waals surface area contributed by atoms with E-state index in [-0.39, 0.29) is 11.6 Å². The number of rotatable bonds is 2. The van der Waals surface area contributed by atoms with Crippen molar-refractivity contribution in [2.75, 3.05) is 5.32 Å². The Hall–Kier alpha value is -2.09. The molecule has 1 heterocycles. The highest BCUT2D eigenvalue weighted by atomic mass is 19.1. The smallest absolute Gasteiger partial charge is 0.251 e. The number of fused-ring (bicyclic) bond motifs is 1. The number of nitrogens with zero attached hydrogens (tertiary/aromatic N) is 1. The summed E-state index contributed by atoms with van der Waals surface area (Å²) in [5.74, 6) is -0.665. The SMILES string of the molecule is CC(C)(C#N)Nc1cc2c(cc1F)CNC2=O. The Labute approximate surface area is 98.4 Å². The van der Waals surface area contributed by atoms with Gasteiger partial charge in [0.25, 0.3) is 5.91 Å². The Morgan fingerprint density at radius 3 is 2.88 bits per heavy atom. The molecule has 0 aliphatic carbocycles. The van der Waals surface area contributed by atoms with Gasteiger partial charge in [0.05, 0.1) is 11.8 Å². The van der Waals surface area contributed by atoms with Crippen LogP contribution in [0, 0.1) is 17.1 Å². The van der Waals surface area contributed by atoms with E-state index >= 15 is 0 Å². The van der Waals surface area contributed by atoms with Crippen LogP contribution in [-0.4, -0.2) is 11.4 Å². The Kier molecular flexibility index (Phi) is 2.50. The molecule has 17 heavy (non-hydrogen) atoms. The summed E-state index contributed by atoms with van der Waals surface area (Å²) in [6.07, 6.45) is 0. The summed E-state index contributed by atoms with van der Waals surface area (Å²) >= 11 is 0. The minimum atomic E-state index is -0.885. The van der Waals surface area contributed by atoms with Crippen LogP contribution in [-0.2, 0) is 6.54 Å². The first kappa shape index (κ1) is 11.4. The van der Waals surface area contributed by atoms with Gasteiger partial charge in [0.1, 0.15) is 11.4 Å². The third kappa shape index (κ3) is 2.07. The van der Waals surface area contributed by atoms with E-state index in [1.165, 1.54) is 12.1 Å². The number of carbonyl (C=O) groups is 1. The molecule has 2 N–H and O–H groups in total. The molecule has 0 aromatic heterocycles. The topological polar surface area (TPSA) is 64.9 Å². The molecule has 0 bridgehead atoms. The number of nitriles is 1. The van der Waals surface area contributed by atoms with E-state index in [9.17, 15) is 9.18 Å². The Balaban J connectivity index is 2.40. The number of benzene rings is 1. The molecule has 5 heteroatoms. The summed E-state index contributed by atoms with van der Waals surface area (Å²) in [6.45, 7) is 3.63. The second-order valence-corrected chi connectivity index (χ2v) is 4.53. The lowest BCUT2D eigenvalue weighted by Gasteiger charge is -2.19. The molecule has 0 saturated heterocycles. The van der Waals surface area contributed by atoms with Crippen molar-refractivity contribution in [2.24, 2.45) is 0 Å². The molecule has 2 rings (SSSR count). The predicted molar refractivity (Wildman–Crippen MR) is 60.9 cm³/mol. The number of hydrogen-bond acceptors (Lipinski definition) is 3. The number of halogens is 1. The molecular formula is C12H12FN3O. The highest BCUT2D eigenvalue weighted by molar-refractivity contribution is 5.99. The van der Waals surface area contributed by atoms with Crippen LogP contribution < -0.4 is 10.6 Å². The Morgan fingerprint density at radius 2 is 2.24 bits per heavy atom. The summed E-state index contributed by atoms with van der Waals surface area (Å²) in [5, 5.41) is 14.3. The van der Waals surface area contributed by atoms with Gasteiger partial charge in [-0.3, -0.25) is 4.79 Å². The number of anilines is 1. The zero-order valence-electron chi connectivity index (χ0n) is 9.60. The molecule has 1 aliphatic rings. The molecule has 0 spiro atoms. The normalized spacial score (nSPS) is 13.9. The fourth-order valence-corrected chi connectivity index (χ4v) is 1.70. The van der Waals surface area contributed by atoms with Crippen LogP contribution in [0.5, 0.6) is 0 Å². The van der Waals surface area contributed by atoms with Crippen LogP contribution in [0.15, 0.2) is 12.1 Å². The van der Waals surface area contributed by atoms with Crippen molar-refractivity contribution in [1.82, 2.24) is 5.32 Å². The number of nitrogens with one attached hydrogen (secondary N) is 2.